The van der Waals surface area contributed by atoms with Crippen molar-refractivity contribution in [2.75, 3.05) is 13.1 Å². The van der Waals surface area contributed by atoms with E-state index in [1.165, 1.54) is 5.56 Å². The normalized spacial score (nSPS) is 16.4. The first-order chi connectivity index (χ1) is 10.5. The Kier molecular flexibility index (Phi) is 10.6. The number of carbonyl (C=O) groups is 2. The van der Waals surface area contributed by atoms with Crippen LogP contribution in [-0.4, -0.2) is 41.9 Å². The highest BCUT2D eigenvalue weighted by Crippen LogP contribution is 2.14. The van der Waals surface area contributed by atoms with Gasteiger partial charge in [-0.25, -0.2) is 0 Å². The summed E-state index contributed by atoms with van der Waals surface area (Å²) >= 11 is 0. The molecule has 6 nitrogen and oxygen atoms in total. The average Bonchev–Trinajstić information content (AvgIpc) is 2.49. The highest BCUT2D eigenvalue weighted by molar-refractivity contribution is 5.87. The first kappa shape index (κ1) is 22.7. The van der Waals surface area contributed by atoms with Gasteiger partial charge in [0.2, 0.25) is 11.8 Å². The zero-order chi connectivity index (χ0) is 15.9. The van der Waals surface area contributed by atoms with Crippen molar-refractivity contribution in [3.8, 4) is 0 Å². The number of carbonyl (C=O) groups excluding carboxylic acids is 2. The summed E-state index contributed by atoms with van der Waals surface area (Å²) in [5.41, 5.74) is 12.0. The van der Waals surface area contributed by atoms with Gasteiger partial charge in [-0.1, -0.05) is 30.3 Å². The molecule has 24 heavy (non-hydrogen) atoms. The number of benzene rings is 1. The Balaban J connectivity index is 0.00000264. The smallest absolute Gasteiger partial charge is 0.237 e. The monoisotopic (exact) mass is 376 g/mol. The van der Waals surface area contributed by atoms with Crippen LogP contribution in [0, 0.1) is 0 Å². The van der Waals surface area contributed by atoms with E-state index in [0.717, 1.165) is 32.5 Å². The van der Waals surface area contributed by atoms with Crippen LogP contribution in [0.25, 0.3) is 0 Å². The van der Waals surface area contributed by atoms with Crippen molar-refractivity contribution in [2.24, 2.45) is 11.5 Å². The lowest BCUT2D eigenvalue weighted by atomic mass is 10.0. The van der Waals surface area contributed by atoms with Crippen LogP contribution in [0.1, 0.15) is 24.8 Å². The molecule has 0 bridgehead atoms. The summed E-state index contributed by atoms with van der Waals surface area (Å²) < 4.78 is 0. The summed E-state index contributed by atoms with van der Waals surface area (Å²) in [5, 5.41) is 2.91. The molecule has 1 unspecified atom stereocenters. The van der Waals surface area contributed by atoms with Gasteiger partial charge < -0.3 is 16.8 Å². The molecule has 1 aliphatic rings. The van der Waals surface area contributed by atoms with Gasteiger partial charge in [0.05, 0.1) is 12.5 Å². The van der Waals surface area contributed by atoms with Gasteiger partial charge in [0.15, 0.2) is 0 Å². The standard InChI is InChI=1S/C16H24N4O2.2ClH/c17-14(10-15(18)21)16(22)19-13-6-8-20(9-7-13)11-12-4-2-1-3-5-12;;/h1-5,13-14H,6-11,17H2,(H2,18,21)(H,19,22);2*1H. The molecule has 8 heteroatoms. The predicted molar refractivity (Wildman–Crippen MR) is 99.2 cm³/mol. The van der Waals surface area contributed by atoms with Gasteiger partial charge in [0.25, 0.3) is 0 Å². The molecule has 1 fully saturated rings. The van der Waals surface area contributed by atoms with Crippen molar-refractivity contribution in [2.45, 2.75) is 37.9 Å². The molecule has 2 rings (SSSR count). The first-order valence-corrected chi connectivity index (χ1v) is 7.65. The van der Waals surface area contributed by atoms with Gasteiger partial charge in [0, 0.05) is 25.7 Å². The number of nitrogens with one attached hydrogen (secondary N) is 1. The van der Waals surface area contributed by atoms with Gasteiger partial charge >= 0.3 is 0 Å². The number of halogens is 2. The second-order valence-corrected chi connectivity index (χ2v) is 5.82. The van der Waals surface area contributed by atoms with Gasteiger partial charge in [-0.15, -0.1) is 24.8 Å². The second-order valence-electron chi connectivity index (χ2n) is 5.82. The van der Waals surface area contributed by atoms with Crippen molar-refractivity contribution in [1.29, 1.82) is 0 Å². The summed E-state index contributed by atoms with van der Waals surface area (Å²) in [7, 11) is 0. The molecule has 136 valence electrons. The van der Waals surface area contributed by atoms with Crippen molar-refractivity contribution < 1.29 is 9.59 Å². The lowest BCUT2D eigenvalue weighted by Crippen LogP contribution is -2.50. The molecule has 5 N–H and O–H groups in total. The van der Waals surface area contributed by atoms with Crippen molar-refractivity contribution in [1.82, 2.24) is 10.2 Å². The first-order valence-electron chi connectivity index (χ1n) is 7.65. The Hall–Kier alpha value is -1.34. The van der Waals surface area contributed by atoms with E-state index in [1.807, 2.05) is 18.2 Å². The minimum atomic E-state index is -0.847. The fourth-order valence-electron chi connectivity index (χ4n) is 2.69. The fourth-order valence-corrected chi connectivity index (χ4v) is 2.69. The molecule has 1 saturated heterocycles. The van der Waals surface area contributed by atoms with Crippen LogP contribution in [0.3, 0.4) is 0 Å². The number of primary amides is 1. The zero-order valence-corrected chi connectivity index (χ0v) is 15.2. The van der Waals surface area contributed by atoms with Gasteiger partial charge in [0.1, 0.15) is 0 Å². The maximum atomic E-state index is 11.9. The van der Waals surface area contributed by atoms with E-state index in [1.54, 1.807) is 0 Å². The Morgan fingerprint density at radius 2 is 1.75 bits per heavy atom. The molecule has 1 atom stereocenters. The number of rotatable bonds is 6. The van der Waals surface area contributed by atoms with Gasteiger partial charge in [-0.2, -0.15) is 0 Å². The molecule has 1 aromatic carbocycles. The zero-order valence-electron chi connectivity index (χ0n) is 13.5. The quantitative estimate of drug-likeness (QED) is 0.683. The molecule has 0 saturated carbocycles. The highest BCUT2D eigenvalue weighted by Gasteiger charge is 2.23. The van der Waals surface area contributed by atoms with Crippen LogP contribution < -0.4 is 16.8 Å². The molecule has 1 aromatic rings. The van der Waals surface area contributed by atoms with Crippen LogP contribution in [0.15, 0.2) is 30.3 Å². The highest BCUT2D eigenvalue weighted by atomic mass is 35.5. The van der Waals surface area contributed by atoms with Crippen LogP contribution in [-0.2, 0) is 16.1 Å². The number of amides is 2. The van der Waals surface area contributed by atoms with E-state index in [0.29, 0.717) is 0 Å². The largest absolute Gasteiger partial charge is 0.370 e. The second kappa shape index (κ2) is 11.3. The van der Waals surface area contributed by atoms with E-state index in [2.05, 4.69) is 22.3 Å². The fraction of sp³-hybridized carbons (Fsp3) is 0.500. The summed E-state index contributed by atoms with van der Waals surface area (Å²) in [6.07, 6.45) is 1.67. The Morgan fingerprint density at radius 1 is 1.17 bits per heavy atom. The summed E-state index contributed by atoms with van der Waals surface area (Å²) in [6, 6.07) is 9.62. The number of nitrogens with zero attached hydrogens (tertiary/aromatic N) is 1. The molecule has 2 amide bonds. The Morgan fingerprint density at radius 3 is 2.29 bits per heavy atom. The third kappa shape index (κ3) is 7.49. The van der Waals surface area contributed by atoms with Crippen molar-refractivity contribution >= 4 is 36.6 Å². The molecular weight excluding hydrogens is 351 g/mol. The van der Waals surface area contributed by atoms with E-state index in [9.17, 15) is 9.59 Å². The number of likely N-dealkylation sites (tertiary alicyclic amines) is 1. The van der Waals surface area contributed by atoms with E-state index in [4.69, 9.17) is 11.5 Å². The topological polar surface area (TPSA) is 101 Å². The van der Waals surface area contributed by atoms with E-state index < -0.39 is 11.9 Å². The number of piperidine rings is 1. The molecule has 0 spiro atoms. The van der Waals surface area contributed by atoms with Crippen molar-refractivity contribution in [3.63, 3.8) is 0 Å². The predicted octanol–water partition coefficient (Wildman–Crippen LogP) is 0.813. The van der Waals surface area contributed by atoms with Gasteiger partial charge in [-0.3, -0.25) is 14.5 Å². The number of hydrogen-bond donors (Lipinski definition) is 3. The molecular formula is C16H26Cl2N4O2. The maximum absolute atomic E-state index is 11.9. The number of hydrogen-bond acceptors (Lipinski definition) is 4. The molecule has 0 aromatic heterocycles. The van der Waals surface area contributed by atoms with Crippen LogP contribution >= 0.6 is 24.8 Å². The molecule has 0 aliphatic carbocycles. The van der Waals surface area contributed by atoms with Gasteiger partial charge in [-0.05, 0) is 18.4 Å². The lowest BCUT2D eigenvalue weighted by Gasteiger charge is -2.32. The Bertz CT molecular complexity index is 508. The lowest BCUT2D eigenvalue weighted by molar-refractivity contribution is -0.127. The summed E-state index contributed by atoms with van der Waals surface area (Å²) in [6.45, 7) is 2.80. The number of nitrogens with two attached hydrogens (primary N) is 2. The summed E-state index contributed by atoms with van der Waals surface area (Å²) in [4.78, 5) is 25.0. The van der Waals surface area contributed by atoms with Crippen LogP contribution in [0.5, 0.6) is 0 Å². The minimum Gasteiger partial charge on any atom is -0.370 e. The van der Waals surface area contributed by atoms with Crippen LogP contribution in [0.2, 0.25) is 0 Å². The van der Waals surface area contributed by atoms with Crippen LogP contribution in [0.4, 0.5) is 0 Å². The molecule has 1 aliphatic heterocycles. The molecule has 0 radical (unpaired) electrons. The Labute approximate surface area is 155 Å². The minimum absolute atomic E-state index is 0. The third-order valence-corrected chi connectivity index (χ3v) is 3.94. The average molecular weight is 377 g/mol. The van der Waals surface area contributed by atoms with E-state index >= 15 is 0 Å². The van der Waals surface area contributed by atoms with Crippen molar-refractivity contribution in [3.05, 3.63) is 35.9 Å². The van der Waals surface area contributed by atoms with E-state index in [-0.39, 0.29) is 43.2 Å². The maximum Gasteiger partial charge on any atom is 0.237 e. The third-order valence-electron chi connectivity index (χ3n) is 3.94. The molecule has 1 heterocycles. The summed E-state index contributed by atoms with van der Waals surface area (Å²) in [5.74, 6) is -0.847. The SMILES string of the molecule is Cl.Cl.NC(=O)CC(N)C(=O)NC1CCN(Cc2ccccc2)CC1.